The third-order valence-corrected chi connectivity index (χ3v) is 5.08. The highest BCUT2D eigenvalue weighted by atomic mass is 16.5. The smallest absolute Gasteiger partial charge is 0.318 e. The number of morpholine rings is 1. The summed E-state index contributed by atoms with van der Waals surface area (Å²) in [5.41, 5.74) is 0. The van der Waals surface area contributed by atoms with Crippen molar-refractivity contribution in [2.24, 2.45) is 0 Å². The third-order valence-electron chi connectivity index (χ3n) is 5.08. The Bertz CT molecular complexity index is 530. The minimum Gasteiger partial charge on any atom is -0.467 e. The largest absolute Gasteiger partial charge is 0.467 e. The highest BCUT2D eigenvalue weighted by Gasteiger charge is 2.37. The molecule has 2 fully saturated rings. The van der Waals surface area contributed by atoms with Gasteiger partial charge < -0.3 is 19.4 Å². The molecule has 2 aliphatic rings. The Labute approximate surface area is 144 Å². The maximum atomic E-state index is 12.8. The number of carbonyl (C=O) groups is 1. The minimum absolute atomic E-state index is 0.00848. The van der Waals surface area contributed by atoms with Crippen molar-refractivity contribution in [1.29, 1.82) is 0 Å². The van der Waals surface area contributed by atoms with Crippen LogP contribution >= 0.6 is 0 Å². The lowest BCUT2D eigenvalue weighted by Gasteiger charge is -2.38. The summed E-state index contributed by atoms with van der Waals surface area (Å²) < 4.78 is 11.0. The lowest BCUT2D eigenvalue weighted by Crippen LogP contribution is -2.53. The molecule has 1 aromatic rings. The van der Waals surface area contributed by atoms with Gasteiger partial charge in [0, 0.05) is 31.2 Å². The number of hydrogen-bond donors (Lipinski definition) is 1. The van der Waals surface area contributed by atoms with Crippen LogP contribution in [0.2, 0.25) is 0 Å². The molecule has 0 aromatic carbocycles. The second kappa shape index (κ2) is 7.57. The van der Waals surface area contributed by atoms with E-state index in [1.54, 1.807) is 6.26 Å². The predicted octanol–water partition coefficient (Wildman–Crippen LogP) is 2.62. The van der Waals surface area contributed by atoms with Gasteiger partial charge in [0.25, 0.3) is 0 Å². The summed E-state index contributed by atoms with van der Waals surface area (Å²) in [4.78, 5) is 17.1. The first kappa shape index (κ1) is 17.3. The van der Waals surface area contributed by atoms with E-state index in [0.717, 1.165) is 38.4 Å². The predicted molar refractivity (Wildman–Crippen MR) is 91.8 cm³/mol. The lowest BCUT2D eigenvalue weighted by atomic mass is 10.2. The minimum atomic E-state index is -0.0369. The molecule has 3 atom stereocenters. The van der Waals surface area contributed by atoms with Crippen molar-refractivity contribution in [3.63, 3.8) is 0 Å². The van der Waals surface area contributed by atoms with E-state index in [4.69, 9.17) is 9.15 Å². The van der Waals surface area contributed by atoms with E-state index in [0.29, 0.717) is 24.7 Å². The van der Waals surface area contributed by atoms with Crippen molar-refractivity contribution in [2.45, 2.75) is 57.8 Å². The van der Waals surface area contributed by atoms with Crippen molar-refractivity contribution in [3.8, 4) is 0 Å². The molecule has 0 bridgehead atoms. The van der Waals surface area contributed by atoms with E-state index < -0.39 is 0 Å². The molecule has 6 heteroatoms. The third kappa shape index (κ3) is 3.92. The number of rotatable bonds is 6. The number of nitrogens with zero attached hydrogens (tertiary/aromatic N) is 2. The van der Waals surface area contributed by atoms with Crippen LogP contribution in [0.1, 0.15) is 45.4 Å². The maximum absolute atomic E-state index is 12.8. The van der Waals surface area contributed by atoms with E-state index >= 15 is 0 Å². The molecule has 134 valence electrons. The van der Waals surface area contributed by atoms with Gasteiger partial charge in [0.15, 0.2) is 0 Å². The summed E-state index contributed by atoms with van der Waals surface area (Å²) >= 11 is 0. The number of urea groups is 1. The highest BCUT2D eigenvalue weighted by molar-refractivity contribution is 5.75. The van der Waals surface area contributed by atoms with Crippen molar-refractivity contribution in [1.82, 2.24) is 15.1 Å². The van der Waals surface area contributed by atoms with Gasteiger partial charge in [0.1, 0.15) is 5.76 Å². The molecule has 1 N–H and O–H groups in total. The van der Waals surface area contributed by atoms with Crippen LogP contribution in [0.15, 0.2) is 22.8 Å². The average molecular weight is 335 g/mol. The van der Waals surface area contributed by atoms with Gasteiger partial charge in [0.2, 0.25) is 0 Å². The topological polar surface area (TPSA) is 58.0 Å². The fraction of sp³-hybridized carbons (Fsp3) is 0.722. The van der Waals surface area contributed by atoms with E-state index in [1.165, 1.54) is 0 Å². The summed E-state index contributed by atoms with van der Waals surface area (Å²) in [6, 6.07) is 4.81. The van der Waals surface area contributed by atoms with E-state index in [2.05, 4.69) is 24.1 Å². The molecule has 1 aliphatic heterocycles. The molecule has 0 radical (unpaired) electrons. The number of ether oxygens (including phenoxy) is 1. The molecule has 24 heavy (non-hydrogen) atoms. The van der Waals surface area contributed by atoms with Crippen molar-refractivity contribution in [3.05, 3.63) is 24.2 Å². The SMILES string of the molecule is CC(CNC(=O)N(C1CC1)C(C)c1ccco1)N1CCOCC1C. The lowest BCUT2D eigenvalue weighted by molar-refractivity contribution is -0.0178. The fourth-order valence-electron chi connectivity index (χ4n) is 3.52. The van der Waals surface area contributed by atoms with Crippen LogP contribution in [0.4, 0.5) is 4.79 Å². The van der Waals surface area contributed by atoms with Gasteiger partial charge in [0.05, 0.1) is 25.5 Å². The Hall–Kier alpha value is -1.53. The molecule has 1 saturated carbocycles. The summed E-state index contributed by atoms with van der Waals surface area (Å²) in [5, 5.41) is 3.13. The molecular formula is C18H29N3O3. The summed E-state index contributed by atoms with van der Waals surface area (Å²) in [6.45, 7) is 9.48. The number of furan rings is 1. The molecule has 3 rings (SSSR count). The number of carbonyl (C=O) groups excluding carboxylic acids is 1. The second-order valence-electron chi connectivity index (χ2n) is 7.03. The first-order chi connectivity index (χ1) is 11.6. The standard InChI is InChI=1S/C18H29N3O3/c1-13(20-8-10-23-12-14(20)2)11-19-18(22)21(16-6-7-16)15(3)17-5-4-9-24-17/h4-5,9,13-16H,6-8,10-12H2,1-3H3,(H,19,22). The zero-order chi connectivity index (χ0) is 17.1. The molecule has 1 saturated heterocycles. The normalized spacial score (nSPS) is 24.4. The van der Waals surface area contributed by atoms with Gasteiger partial charge >= 0.3 is 6.03 Å². The van der Waals surface area contributed by atoms with Crippen LogP contribution in [-0.4, -0.2) is 60.3 Å². The Morgan fingerprint density at radius 2 is 2.25 bits per heavy atom. The van der Waals surface area contributed by atoms with Crippen molar-refractivity contribution >= 4 is 6.03 Å². The van der Waals surface area contributed by atoms with Gasteiger partial charge in [-0.15, -0.1) is 0 Å². The Morgan fingerprint density at radius 3 is 2.88 bits per heavy atom. The molecular weight excluding hydrogens is 306 g/mol. The van der Waals surface area contributed by atoms with E-state index in [9.17, 15) is 4.79 Å². The fourth-order valence-corrected chi connectivity index (χ4v) is 3.52. The van der Waals surface area contributed by atoms with Gasteiger partial charge in [-0.2, -0.15) is 0 Å². The first-order valence-electron chi connectivity index (χ1n) is 9.01. The van der Waals surface area contributed by atoms with Gasteiger partial charge in [-0.05, 0) is 45.7 Å². The van der Waals surface area contributed by atoms with Gasteiger partial charge in [-0.25, -0.2) is 4.79 Å². The number of amides is 2. The number of nitrogens with one attached hydrogen (secondary N) is 1. The Kier molecular flexibility index (Phi) is 5.46. The Morgan fingerprint density at radius 1 is 1.46 bits per heavy atom. The molecule has 0 spiro atoms. The van der Waals surface area contributed by atoms with Crippen LogP contribution < -0.4 is 5.32 Å². The highest BCUT2D eigenvalue weighted by Crippen LogP contribution is 2.34. The van der Waals surface area contributed by atoms with Crippen LogP contribution in [0.5, 0.6) is 0 Å². The van der Waals surface area contributed by atoms with Gasteiger partial charge in [-0.1, -0.05) is 0 Å². The second-order valence-corrected chi connectivity index (χ2v) is 7.03. The molecule has 3 unspecified atom stereocenters. The monoisotopic (exact) mass is 335 g/mol. The van der Waals surface area contributed by atoms with E-state index in [1.807, 2.05) is 24.0 Å². The first-order valence-corrected chi connectivity index (χ1v) is 9.01. The quantitative estimate of drug-likeness (QED) is 0.868. The molecule has 6 nitrogen and oxygen atoms in total. The number of hydrogen-bond acceptors (Lipinski definition) is 4. The Balaban J connectivity index is 1.56. The zero-order valence-electron chi connectivity index (χ0n) is 14.9. The molecule has 1 aromatic heterocycles. The van der Waals surface area contributed by atoms with Crippen LogP contribution in [0, 0.1) is 0 Å². The van der Waals surface area contributed by atoms with Crippen LogP contribution in [0.3, 0.4) is 0 Å². The molecule has 2 amide bonds. The van der Waals surface area contributed by atoms with Crippen molar-refractivity contribution < 1.29 is 13.9 Å². The summed E-state index contributed by atoms with van der Waals surface area (Å²) in [7, 11) is 0. The van der Waals surface area contributed by atoms with E-state index in [-0.39, 0.29) is 12.1 Å². The summed E-state index contributed by atoms with van der Waals surface area (Å²) in [5.74, 6) is 0.840. The average Bonchev–Trinajstić information content (AvgIpc) is 3.24. The maximum Gasteiger partial charge on any atom is 0.318 e. The van der Waals surface area contributed by atoms with Crippen LogP contribution in [0.25, 0.3) is 0 Å². The molecule has 2 heterocycles. The zero-order valence-corrected chi connectivity index (χ0v) is 14.9. The summed E-state index contributed by atoms with van der Waals surface area (Å²) in [6.07, 6.45) is 3.82. The van der Waals surface area contributed by atoms with Crippen LogP contribution in [-0.2, 0) is 4.74 Å². The molecule has 1 aliphatic carbocycles. The van der Waals surface area contributed by atoms with Gasteiger partial charge in [-0.3, -0.25) is 4.90 Å². The van der Waals surface area contributed by atoms with Crippen molar-refractivity contribution in [2.75, 3.05) is 26.3 Å².